The van der Waals surface area contributed by atoms with Crippen molar-refractivity contribution >= 4 is 34.4 Å². The first kappa shape index (κ1) is 36.3. The zero-order valence-electron chi connectivity index (χ0n) is 33.1. The van der Waals surface area contributed by atoms with E-state index in [0.717, 1.165) is 70.9 Å². The van der Waals surface area contributed by atoms with Crippen molar-refractivity contribution in [3.05, 3.63) is 202 Å². The Kier molecular flexibility index (Phi) is 9.53. The molecule has 57 heavy (non-hydrogen) atoms. The lowest BCUT2D eigenvalue weighted by atomic mass is 9.70. The lowest BCUT2D eigenvalue weighted by Crippen LogP contribution is -2.49. The van der Waals surface area contributed by atoms with E-state index < -0.39 is 11.7 Å². The zero-order chi connectivity index (χ0) is 39.1. The monoisotopic (exact) mass is 748 g/mol. The van der Waals surface area contributed by atoms with Crippen LogP contribution in [0.15, 0.2) is 163 Å². The third-order valence-electron chi connectivity index (χ3n) is 12.0. The van der Waals surface area contributed by atoms with E-state index in [0.29, 0.717) is 11.3 Å². The summed E-state index contributed by atoms with van der Waals surface area (Å²) in [5, 5.41) is 0. The molecule has 1 spiro atoms. The fourth-order valence-corrected chi connectivity index (χ4v) is 8.75. The van der Waals surface area contributed by atoms with Crippen LogP contribution in [-0.4, -0.2) is 12.1 Å². The smallest absolute Gasteiger partial charge is 0.339 e. The van der Waals surface area contributed by atoms with E-state index in [1.165, 1.54) is 22.3 Å². The van der Waals surface area contributed by atoms with Gasteiger partial charge in [0.1, 0.15) is 11.9 Å². The van der Waals surface area contributed by atoms with E-state index in [4.69, 9.17) is 9.47 Å². The topological polar surface area (TPSA) is 42.0 Å². The number of aryl methyl sites for hydroxylation is 4. The molecule has 284 valence electrons. The van der Waals surface area contributed by atoms with Crippen LogP contribution in [0.4, 0.5) is 28.4 Å². The van der Waals surface area contributed by atoms with Crippen molar-refractivity contribution in [2.45, 2.75) is 65.1 Å². The van der Waals surface area contributed by atoms with Crippen LogP contribution in [0.3, 0.4) is 0 Å². The second-order valence-corrected chi connectivity index (χ2v) is 15.2. The lowest BCUT2D eigenvalue weighted by molar-refractivity contribution is -0.0417. The average Bonchev–Trinajstić information content (AvgIpc) is 3.56. The Morgan fingerprint density at radius 2 is 1.02 bits per heavy atom. The van der Waals surface area contributed by atoms with Gasteiger partial charge in [-0.05, 0) is 127 Å². The summed E-state index contributed by atoms with van der Waals surface area (Å²) in [4.78, 5) is 18.4. The average molecular weight is 749 g/mol. The first-order valence-electron chi connectivity index (χ1n) is 20.4. The maximum absolute atomic E-state index is 13.8. The van der Waals surface area contributed by atoms with Gasteiger partial charge in [-0.3, -0.25) is 0 Å². The molecule has 6 aromatic carbocycles. The molecule has 0 amide bonds. The highest BCUT2D eigenvalue weighted by Crippen LogP contribution is 2.57. The molecule has 3 aliphatic rings. The van der Waals surface area contributed by atoms with Crippen molar-refractivity contribution in [2.24, 2.45) is 5.92 Å². The van der Waals surface area contributed by atoms with E-state index in [1.807, 2.05) is 24.3 Å². The fraction of sp³-hybridized carbons (Fsp3) is 0.212. The number of esters is 1. The predicted octanol–water partition coefficient (Wildman–Crippen LogP) is 12.5. The molecule has 9 rings (SSSR count). The Morgan fingerprint density at radius 1 is 0.544 bits per heavy atom. The quantitative estimate of drug-likeness (QED) is 0.131. The standard InChI is InChI=1S/C52H48N2O3/c1-5-35-13-21-39(22-14-35)53(40-23-15-36(6-2)16-24-40)43-29-31-47-49(33-43)56-50-34-44(30-32-48(50)52(47)46-12-10-9-11-45(46)51(55)57-52)54(41-25-17-37(7-3)18-26-41)42-27-19-38(8-4)20-28-42/h9-34,47,49H,5-8H2,1-4H3. The minimum absolute atomic E-state index is 0.307. The minimum Gasteiger partial charge on any atom is -0.485 e. The second kappa shape index (κ2) is 15.0. The fourth-order valence-electron chi connectivity index (χ4n) is 8.75. The van der Waals surface area contributed by atoms with Gasteiger partial charge in [0.05, 0.1) is 11.5 Å². The highest BCUT2D eigenvalue weighted by atomic mass is 16.6. The normalized spacial score (nSPS) is 18.9. The van der Waals surface area contributed by atoms with Crippen LogP contribution in [0.5, 0.6) is 5.75 Å². The molecule has 0 N–H and O–H groups in total. The summed E-state index contributed by atoms with van der Waals surface area (Å²) in [6.45, 7) is 8.72. The highest BCUT2D eigenvalue weighted by molar-refractivity contribution is 5.96. The lowest BCUT2D eigenvalue weighted by Gasteiger charge is -2.46. The number of ether oxygens (including phenoxy) is 2. The Labute approximate surface area is 336 Å². The molecule has 5 nitrogen and oxygen atoms in total. The molecule has 5 heteroatoms. The largest absolute Gasteiger partial charge is 0.485 e. The summed E-state index contributed by atoms with van der Waals surface area (Å²) in [6, 6.07) is 49.3. The van der Waals surface area contributed by atoms with Crippen LogP contribution in [0, 0.1) is 5.92 Å². The van der Waals surface area contributed by atoms with Gasteiger partial charge in [0.15, 0.2) is 5.60 Å². The molecular formula is C52H48N2O3. The third-order valence-corrected chi connectivity index (χ3v) is 12.0. The molecule has 0 bridgehead atoms. The SMILES string of the molecule is CCc1ccc(N(C2=CC3Oc4cc(N(c5ccc(CC)cc5)c5ccc(CC)cc5)ccc4C4(OC(=O)c5ccccc54)C3C=C2)c2ccc(CC)cc2)cc1. The molecular weight excluding hydrogens is 701 g/mol. The number of fused-ring (bicyclic) bond motifs is 6. The Morgan fingerprint density at radius 3 is 1.53 bits per heavy atom. The summed E-state index contributed by atoms with van der Waals surface area (Å²) in [5.41, 5.74) is 12.6. The van der Waals surface area contributed by atoms with Crippen molar-refractivity contribution in [2.75, 3.05) is 9.80 Å². The van der Waals surface area contributed by atoms with Crippen LogP contribution in [0.25, 0.3) is 0 Å². The van der Waals surface area contributed by atoms with E-state index in [2.05, 4.69) is 171 Å². The first-order valence-corrected chi connectivity index (χ1v) is 20.4. The van der Waals surface area contributed by atoms with E-state index in [1.54, 1.807) is 0 Å². The van der Waals surface area contributed by atoms with Gasteiger partial charge in [0, 0.05) is 51.3 Å². The highest BCUT2D eigenvalue weighted by Gasteiger charge is 2.58. The van der Waals surface area contributed by atoms with Gasteiger partial charge < -0.3 is 19.3 Å². The number of rotatable bonds is 10. The molecule has 2 heterocycles. The van der Waals surface area contributed by atoms with E-state index >= 15 is 0 Å². The van der Waals surface area contributed by atoms with Crippen molar-refractivity contribution in [1.82, 2.24) is 0 Å². The maximum atomic E-state index is 13.8. The maximum Gasteiger partial charge on any atom is 0.339 e. The van der Waals surface area contributed by atoms with Crippen molar-refractivity contribution < 1.29 is 14.3 Å². The molecule has 2 aliphatic heterocycles. The van der Waals surface area contributed by atoms with E-state index in [-0.39, 0.29) is 11.9 Å². The summed E-state index contributed by atoms with van der Waals surface area (Å²) >= 11 is 0. The van der Waals surface area contributed by atoms with Gasteiger partial charge in [0.25, 0.3) is 0 Å². The zero-order valence-corrected chi connectivity index (χ0v) is 33.1. The van der Waals surface area contributed by atoms with Crippen molar-refractivity contribution in [1.29, 1.82) is 0 Å². The van der Waals surface area contributed by atoms with Gasteiger partial charge in [-0.25, -0.2) is 4.79 Å². The van der Waals surface area contributed by atoms with Gasteiger partial charge in [0.2, 0.25) is 0 Å². The Balaban J connectivity index is 1.20. The molecule has 3 unspecified atom stereocenters. The summed E-state index contributed by atoms with van der Waals surface area (Å²) in [7, 11) is 0. The summed E-state index contributed by atoms with van der Waals surface area (Å²) in [5.74, 6) is 0.0701. The minimum atomic E-state index is -1.07. The summed E-state index contributed by atoms with van der Waals surface area (Å²) in [6.07, 6.45) is 10.0. The summed E-state index contributed by atoms with van der Waals surface area (Å²) < 4.78 is 13.8. The number of hydrogen-bond acceptors (Lipinski definition) is 5. The first-order chi connectivity index (χ1) is 27.9. The molecule has 1 aliphatic carbocycles. The number of carbonyl (C=O) groups excluding carboxylic acids is 1. The molecule has 0 radical (unpaired) electrons. The van der Waals surface area contributed by atoms with Crippen molar-refractivity contribution in [3.8, 4) is 5.75 Å². The second-order valence-electron chi connectivity index (χ2n) is 15.2. The molecule has 0 aromatic heterocycles. The molecule has 0 fully saturated rings. The molecule has 0 saturated carbocycles. The van der Waals surface area contributed by atoms with E-state index in [9.17, 15) is 4.79 Å². The van der Waals surface area contributed by atoms with Crippen LogP contribution in [-0.2, 0) is 36.0 Å². The van der Waals surface area contributed by atoms with Gasteiger partial charge in [-0.1, -0.05) is 101 Å². The van der Waals surface area contributed by atoms with Gasteiger partial charge >= 0.3 is 5.97 Å². The third kappa shape index (κ3) is 6.32. The molecule has 3 atom stereocenters. The van der Waals surface area contributed by atoms with Crippen LogP contribution in [0.1, 0.15) is 71.4 Å². The Hall–Kier alpha value is -6.33. The number of anilines is 5. The number of nitrogens with zero attached hydrogens (tertiary/aromatic N) is 2. The number of benzene rings is 6. The van der Waals surface area contributed by atoms with Gasteiger partial charge in [-0.2, -0.15) is 0 Å². The predicted molar refractivity (Wildman–Crippen MR) is 231 cm³/mol. The van der Waals surface area contributed by atoms with Crippen LogP contribution < -0.4 is 14.5 Å². The Bertz CT molecular complexity index is 2390. The van der Waals surface area contributed by atoms with Crippen molar-refractivity contribution in [3.63, 3.8) is 0 Å². The van der Waals surface area contributed by atoms with Crippen LogP contribution >= 0.6 is 0 Å². The number of allylic oxidation sites excluding steroid dienone is 1. The van der Waals surface area contributed by atoms with Gasteiger partial charge in [-0.15, -0.1) is 0 Å². The number of hydrogen-bond donors (Lipinski definition) is 0. The molecule has 0 saturated heterocycles. The number of carbonyl (C=O) groups is 1. The van der Waals surface area contributed by atoms with Crippen LogP contribution in [0.2, 0.25) is 0 Å². The molecule has 6 aromatic rings.